The van der Waals surface area contributed by atoms with E-state index in [0.717, 1.165) is 18.4 Å². The summed E-state index contributed by atoms with van der Waals surface area (Å²) in [6.45, 7) is 7.05. The Labute approximate surface area is 112 Å². The molecule has 1 aliphatic rings. The Hall–Kier alpha value is -1.28. The normalized spacial score (nSPS) is 16.9. The summed E-state index contributed by atoms with van der Waals surface area (Å²) in [6.07, 6.45) is 3.50. The van der Waals surface area contributed by atoms with E-state index in [1.165, 1.54) is 6.42 Å². The Morgan fingerprint density at radius 1 is 1.56 bits per heavy atom. The molecule has 0 spiro atoms. The predicted octanol–water partition coefficient (Wildman–Crippen LogP) is 2.65. The van der Waals surface area contributed by atoms with Crippen molar-refractivity contribution in [1.29, 1.82) is 0 Å². The molecular weight excluding hydrogens is 250 g/mol. The van der Waals surface area contributed by atoms with Crippen LogP contribution in [0.3, 0.4) is 0 Å². The van der Waals surface area contributed by atoms with Crippen molar-refractivity contribution in [3.05, 3.63) is 34.1 Å². The molecular formula is C13H16ClN3O. The molecule has 0 aliphatic heterocycles. The molecule has 0 bridgehead atoms. The van der Waals surface area contributed by atoms with Crippen molar-refractivity contribution in [3.8, 4) is 0 Å². The molecule has 1 fully saturated rings. The first-order chi connectivity index (χ1) is 8.65. The molecule has 1 unspecified atom stereocenters. The summed E-state index contributed by atoms with van der Waals surface area (Å²) < 4.78 is 0. The van der Waals surface area contributed by atoms with E-state index in [-0.39, 0.29) is 12.6 Å². The van der Waals surface area contributed by atoms with Gasteiger partial charge in [0.1, 0.15) is 0 Å². The largest absolute Gasteiger partial charge is 0.406 e. The van der Waals surface area contributed by atoms with E-state index >= 15 is 0 Å². The molecule has 0 radical (unpaired) electrons. The first kappa shape index (κ1) is 13.2. The second-order valence-electron chi connectivity index (χ2n) is 4.58. The zero-order valence-electron chi connectivity index (χ0n) is 9.99. The van der Waals surface area contributed by atoms with E-state index in [1.807, 2.05) is 0 Å². The standard InChI is InChI=1S/C13H16ClN3O/c1-16-11-6-8(5-10(14)13(11)15)12(7-18)17-9-3-2-4-9/h5-6,9,12,17-18H,2-4,7,15H2. The molecule has 4 nitrogen and oxygen atoms in total. The zero-order valence-corrected chi connectivity index (χ0v) is 10.7. The van der Waals surface area contributed by atoms with Crippen LogP contribution in [0.25, 0.3) is 4.85 Å². The molecule has 0 aromatic heterocycles. The van der Waals surface area contributed by atoms with Crippen molar-refractivity contribution >= 4 is 23.0 Å². The lowest BCUT2D eigenvalue weighted by Gasteiger charge is -2.31. The maximum absolute atomic E-state index is 9.46. The highest BCUT2D eigenvalue weighted by molar-refractivity contribution is 6.33. The molecule has 0 amide bonds. The third-order valence-electron chi connectivity index (χ3n) is 3.38. The van der Waals surface area contributed by atoms with Crippen LogP contribution in [0.5, 0.6) is 0 Å². The lowest BCUT2D eigenvalue weighted by atomic mass is 9.91. The van der Waals surface area contributed by atoms with Crippen LogP contribution in [0.2, 0.25) is 5.02 Å². The van der Waals surface area contributed by atoms with Crippen molar-refractivity contribution in [2.24, 2.45) is 0 Å². The molecule has 2 rings (SSSR count). The number of benzene rings is 1. The molecule has 1 aromatic rings. The second-order valence-corrected chi connectivity index (χ2v) is 4.98. The second kappa shape index (κ2) is 5.57. The van der Waals surface area contributed by atoms with Crippen molar-refractivity contribution in [2.75, 3.05) is 12.3 Å². The van der Waals surface area contributed by atoms with Gasteiger partial charge in [-0.15, -0.1) is 0 Å². The SMILES string of the molecule is [C-]#[N+]c1cc(C(CO)NC2CCC2)cc(Cl)c1N. The van der Waals surface area contributed by atoms with E-state index < -0.39 is 0 Å². The van der Waals surface area contributed by atoms with Crippen LogP contribution < -0.4 is 11.1 Å². The minimum atomic E-state index is -0.186. The van der Waals surface area contributed by atoms with Gasteiger partial charge in [-0.25, -0.2) is 4.85 Å². The number of aliphatic hydroxyl groups excluding tert-OH is 1. The number of nitrogen functional groups attached to an aromatic ring is 1. The molecule has 4 N–H and O–H groups in total. The van der Waals surface area contributed by atoms with Gasteiger partial charge in [0.2, 0.25) is 5.69 Å². The van der Waals surface area contributed by atoms with Gasteiger partial charge in [0, 0.05) is 6.04 Å². The number of aliphatic hydroxyl groups is 1. The number of nitrogens with one attached hydrogen (secondary N) is 1. The Morgan fingerprint density at radius 3 is 2.78 bits per heavy atom. The molecule has 1 atom stereocenters. The van der Waals surface area contributed by atoms with Crippen molar-refractivity contribution in [3.63, 3.8) is 0 Å². The summed E-state index contributed by atoms with van der Waals surface area (Å²) in [6, 6.07) is 3.68. The van der Waals surface area contributed by atoms with Crippen LogP contribution >= 0.6 is 11.6 Å². The number of rotatable bonds is 4. The highest BCUT2D eigenvalue weighted by atomic mass is 35.5. The summed E-state index contributed by atoms with van der Waals surface area (Å²) in [5.41, 5.74) is 7.17. The molecule has 96 valence electrons. The van der Waals surface area contributed by atoms with Crippen LogP contribution in [-0.4, -0.2) is 17.8 Å². The van der Waals surface area contributed by atoms with Crippen LogP contribution in [0.1, 0.15) is 30.9 Å². The van der Waals surface area contributed by atoms with Crippen LogP contribution in [0, 0.1) is 6.57 Å². The molecule has 1 aromatic carbocycles. The van der Waals surface area contributed by atoms with Gasteiger partial charge in [0.05, 0.1) is 29.9 Å². The van der Waals surface area contributed by atoms with Gasteiger partial charge in [-0.3, -0.25) is 0 Å². The molecule has 1 saturated carbocycles. The van der Waals surface area contributed by atoms with Crippen LogP contribution in [0.4, 0.5) is 11.4 Å². The monoisotopic (exact) mass is 265 g/mol. The van der Waals surface area contributed by atoms with E-state index in [4.69, 9.17) is 23.9 Å². The van der Waals surface area contributed by atoms with E-state index in [0.29, 0.717) is 22.4 Å². The maximum Gasteiger partial charge on any atom is 0.211 e. The summed E-state index contributed by atoms with van der Waals surface area (Å²) >= 11 is 6.01. The van der Waals surface area contributed by atoms with Crippen molar-refractivity contribution in [1.82, 2.24) is 5.32 Å². The third kappa shape index (κ3) is 2.59. The van der Waals surface area contributed by atoms with E-state index in [2.05, 4.69) is 10.2 Å². The molecule has 5 heteroatoms. The Balaban J connectivity index is 2.24. The number of nitrogens with zero attached hydrogens (tertiary/aromatic N) is 1. The Kier molecular flexibility index (Phi) is 4.07. The first-order valence-corrected chi connectivity index (χ1v) is 6.36. The van der Waals surface area contributed by atoms with Crippen LogP contribution in [0.15, 0.2) is 12.1 Å². The fourth-order valence-electron chi connectivity index (χ4n) is 2.03. The van der Waals surface area contributed by atoms with Gasteiger partial charge < -0.3 is 16.2 Å². The quantitative estimate of drug-likeness (QED) is 0.579. The van der Waals surface area contributed by atoms with Crippen molar-refractivity contribution < 1.29 is 5.11 Å². The molecule has 0 heterocycles. The average Bonchev–Trinajstić information content (AvgIpc) is 2.31. The highest BCUT2D eigenvalue weighted by Crippen LogP contribution is 2.34. The van der Waals surface area contributed by atoms with E-state index in [9.17, 15) is 5.11 Å². The summed E-state index contributed by atoms with van der Waals surface area (Å²) in [5.74, 6) is 0. The van der Waals surface area contributed by atoms with Crippen molar-refractivity contribution in [2.45, 2.75) is 31.3 Å². The maximum atomic E-state index is 9.46. The topological polar surface area (TPSA) is 62.6 Å². The number of anilines is 1. The van der Waals surface area contributed by atoms with Crippen LogP contribution in [-0.2, 0) is 0 Å². The Bertz CT molecular complexity index is 480. The summed E-state index contributed by atoms with van der Waals surface area (Å²) in [7, 11) is 0. The highest BCUT2D eigenvalue weighted by Gasteiger charge is 2.22. The van der Waals surface area contributed by atoms with Gasteiger partial charge in [-0.05, 0) is 30.5 Å². The molecule has 0 saturated heterocycles. The average molecular weight is 266 g/mol. The number of hydrogen-bond donors (Lipinski definition) is 3. The van der Waals surface area contributed by atoms with E-state index in [1.54, 1.807) is 12.1 Å². The van der Waals surface area contributed by atoms with Gasteiger partial charge in [-0.2, -0.15) is 0 Å². The lowest BCUT2D eigenvalue weighted by molar-refractivity contribution is 0.209. The van der Waals surface area contributed by atoms with Gasteiger partial charge in [-0.1, -0.05) is 18.0 Å². The van der Waals surface area contributed by atoms with Gasteiger partial charge in [0.15, 0.2) is 0 Å². The minimum Gasteiger partial charge on any atom is -0.406 e. The minimum absolute atomic E-state index is 0.0197. The number of halogens is 1. The fraction of sp³-hybridized carbons (Fsp3) is 0.462. The summed E-state index contributed by atoms with van der Waals surface area (Å²) in [4.78, 5) is 3.35. The molecule has 18 heavy (non-hydrogen) atoms. The van der Waals surface area contributed by atoms with Gasteiger partial charge in [0.25, 0.3) is 0 Å². The fourth-order valence-corrected chi connectivity index (χ4v) is 2.25. The summed E-state index contributed by atoms with van der Waals surface area (Å²) in [5, 5.41) is 13.2. The smallest absolute Gasteiger partial charge is 0.211 e. The first-order valence-electron chi connectivity index (χ1n) is 5.99. The van der Waals surface area contributed by atoms with Gasteiger partial charge >= 0.3 is 0 Å². The number of hydrogen-bond acceptors (Lipinski definition) is 3. The zero-order chi connectivity index (χ0) is 13.1. The third-order valence-corrected chi connectivity index (χ3v) is 3.69. The predicted molar refractivity (Wildman–Crippen MR) is 72.7 cm³/mol. The molecule has 1 aliphatic carbocycles. The number of nitrogens with two attached hydrogens (primary N) is 1. The lowest BCUT2D eigenvalue weighted by Crippen LogP contribution is -2.39. The Morgan fingerprint density at radius 2 is 2.28 bits per heavy atom.